The van der Waals surface area contributed by atoms with Crippen LogP contribution in [0.1, 0.15) is 26.7 Å². The Labute approximate surface area is 76.8 Å². The minimum atomic E-state index is -0.591. The molecule has 2 atom stereocenters. The molecule has 0 amide bonds. The van der Waals surface area contributed by atoms with E-state index in [9.17, 15) is 9.59 Å². The molecule has 0 aliphatic heterocycles. The van der Waals surface area contributed by atoms with Gasteiger partial charge < -0.3 is 9.68 Å². The molecule has 1 fully saturated rings. The van der Waals surface area contributed by atoms with E-state index in [0.717, 1.165) is 6.29 Å². The fraction of sp³-hybridized carbons (Fsp3) is 0.778. The quantitative estimate of drug-likeness (QED) is 0.409. The van der Waals surface area contributed by atoms with Crippen LogP contribution in [0.2, 0.25) is 0 Å². The zero-order valence-corrected chi connectivity index (χ0v) is 7.82. The van der Waals surface area contributed by atoms with Crippen LogP contribution in [0.25, 0.3) is 0 Å². The summed E-state index contributed by atoms with van der Waals surface area (Å²) in [6.07, 6.45) is 1.97. The minimum Gasteiger partial charge on any atom is -0.303 e. The van der Waals surface area contributed by atoms with Crippen molar-refractivity contribution in [1.82, 2.24) is 0 Å². The van der Waals surface area contributed by atoms with Crippen LogP contribution >= 0.6 is 0 Å². The molecular weight excluding hydrogens is 172 g/mol. The summed E-state index contributed by atoms with van der Waals surface area (Å²) in [6, 6.07) is 0. The normalized spacial score (nSPS) is 30.4. The molecule has 0 spiro atoms. The van der Waals surface area contributed by atoms with Crippen LogP contribution in [-0.2, 0) is 14.5 Å². The molecule has 0 radical (unpaired) electrons. The van der Waals surface area contributed by atoms with Gasteiger partial charge in [-0.3, -0.25) is 0 Å². The van der Waals surface area contributed by atoms with Crippen molar-refractivity contribution < 1.29 is 19.7 Å². The van der Waals surface area contributed by atoms with E-state index in [2.05, 4.69) is 4.89 Å². The van der Waals surface area contributed by atoms with Gasteiger partial charge in [0.25, 0.3) is 0 Å². The Kier molecular flexibility index (Phi) is 2.71. The zero-order chi connectivity index (χ0) is 10.1. The predicted octanol–water partition coefficient (Wildman–Crippen LogP) is 1.25. The molecule has 1 aliphatic rings. The summed E-state index contributed by atoms with van der Waals surface area (Å²) in [5.74, 6) is -0.635. The molecule has 2 unspecified atom stereocenters. The number of carbonyl (C=O) groups excluding carboxylic acids is 2. The topological polar surface area (TPSA) is 63.6 Å². The predicted molar refractivity (Wildman–Crippen MR) is 44.8 cm³/mol. The van der Waals surface area contributed by atoms with Crippen molar-refractivity contribution in [3.05, 3.63) is 0 Å². The first-order chi connectivity index (χ1) is 6.04. The Morgan fingerprint density at radius 2 is 2.31 bits per heavy atom. The van der Waals surface area contributed by atoms with E-state index in [1.165, 1.54) is 0 Å². The van der Waals surface area contributed by atoms with Gasteiger partial charge in [-0.15, -0.1) is 0 Å². The Hall–Kier alpha value is -0.900. The molecule has 1 rings (SSSR count). The first kappa shape index (κ1) is 10.2. The van der Waals surface area contributed by atoms with Crippen LogP contribution in [0.4, 0.5) is 0 Å². The zero-order valence-electron chi connectivity index (χ0n) is 7.82. The fourth-order valence-electron chi connectivity index (χ4n) is 2.00. The average molecular weight is 186 g/mol. The summed E-state index contributed by atoms with van der Waals surface area (Å²) >= 11 is 0. The highest BCUT2D eigenvalue weighted by Gasteiger charge is 2.52. The van der Waals surface area contributed by atoms with Crippen molar-refractivity contribution in [3.8, 4) is 0 Å². The van der Waals surface area contributed by atoms with Gasteiger partial charge in [0.05, 0.1) is 5.92 Å². The summed E-state index contributed by atoms with van der Waals surface area (Å²) in [6.45, 7) is 3.82. The van der Waals surface area contributed by atoms with E-state index in [1.54, 1.807) is 0 Å². The third kappa shape index (κ3) is 1.58. The smallest absolute Gasteiger partial charge is 0.303 e. The molecule has 0 aromatic rings. The lowest BCUT2D eigenvalue weighted by molar-refractivity contribution is -0.250. The molecule has 0 aromatic carbocycles. The average Bonchev–Trinajstić information content (AvgIpc) is 2.10. The van der Waals surface area contributed by atoms with Gasteiger partial charge in [0.2, 0.25) is 0 Å². The monoisotopic (exact) mass is 186 g/mol. The molecule has 4 nitrogen and oxygen atoms in total. The number of hydrogen-bond donors (Lipinski definition) is 1. The van der Waals surface area contributed by atoms with Crippen molar-refractivity contribution in [2.45, 2.75) is 26.7 Å². The third-order valence-corrected chi connectivity index (χ3v) is 3.23. The Bertz CT molecular complexity index is 222. The maximum absolute atomic E-state index is 11.0. The van der Waals surface area contributed by atoms with Gasteiger partial charge in [0.15, 0.2) is 0 Å². The summed E-state index contributed by atoms with van der Waals surface area (Å²) in [5, 5.41) is 8.20. The lowest BCUT2D eigenvalue weighted by Gasteiger charge is -2.49. The second-order valence-corrected chi connectivity index (χ2v) is 4.12. The van der Waals surface area contributed by atoms with E-state index in [4.69, 9.17) is 5.26 Å². The van der Waals surface area contributed by atoms with Crippen LogP contribution in [0.5, 0.6) is 0 Å². The number of carbonyl (C=O) groups is 2. The van der Waals surface area contributed by atoms with E-state index in [0.29, 0.717) is 12.8 Å². The molecule has 1 aliphatic carbocycles. The highest BCUT2D eigenvalue weighted by atomic mass is 17.1. The molecule has 0 bridgehead atoms. The van der Waals surface area contributed by atoms with Crippen molar-refractivity contribution in [3.63, 3.8) is 0 Å². The molecule has 0 aromatic heterocycles. The summed E-state index contributed by atoms with van der Waals surface area (Å²) < 4.78 is 0. The van der Waals surface area contributed by atoms with Crippen LogP contribution in [0.3, 0.4) is 0 Å². The lowest BCUT2D eigenvalue weighted by Crippen LogP contribution is -2.49. The number of hydrogen-bond acceptors (Lipinski definition) is 4. The largest absolute Gasteiger partial charge is 0.345 e. The number of rotatable bonds is 3. The van der Waals surface area contributed by atoms with Crippen LogP contribution in [-0.4, -0.2) is 17.5 Å². The van der Waals surface area contributed by atoms with Gasteiger partial charge in [0, 0.05) is 6.42 Å². The molecule has 1 N–H and O–H groups in total. The molecule has 4 heteroatoms. The van der Waals surface area contributed by atoms with Gasteiger partial charge >= 0.3 is 5.97 Å². The molecule has 0 saturated heterocycles. The maximum atomic E-state index is 11.0. The molecule has 74 valence electrons. The second-order valence-electron chi connectivity index (χ2n) is 4.12. The minimum absolute atomic E-state index is 0.231. The van der Waals surface area contributed by atoms with Gasteiger partial charge in [-0.25, -0.2) is 4.79 Å². The summed E-state index contributed by atoms with van der Waals surface area (Å²) in [5.41, 5.74) is -0.235. The fourth-order valence-corrected chi connectivity index (χ4v) is 2.00. The first-order valence-corrected chi connectivity index (χ1v) is 4.33. The van der Waals surface area contributed by atoms with E-state index >= 15 is 0 Å². The van der Waals surface area contributed by atoms with Crippen molar-refractivity contribution >= 4 is 12.3 Å². The molecule has 1 saturated carbocycles. The van der Waals surface area contributed by atoms with Gasteiger partial charge in [-0.1, -0.05) is 13.8 Å². The molecule has 13 heavy (non-hydrogen) atoms. The molecular formula is C9H14O4. The van der Waals surface area contributed by atoms with E-state index in [-0.39, 0.29) is 17.3 Å². The van der Waals surface area contributed by atoms with Crippen molar-refractivity contribution in [1.29, 1.82) is 0 Å². The standard InChI is InChI=1S/C9H14O4/c1-9(2)6(3-4-10)5-7(9)8(11)13-12/h4,6-7,12H,3,5H2,1-2H3. The van der Waals surface area contributed by atoms with Crippen LogP contribution < -0.4 is 0 Å². The van der Waals surface area contributed by atoms with E-state index in [1.807, 2.05) is 13.8 Å². The van der Waals surface area contributed by atoms with Crippen molar-refractivity contribution in [2.24, 2.45) is 17.3 Å². The summed E-state index contributed by atoms with van der Waals surface area (Å²) in [4.78, 5) is 25.0. The van der Waals surface area contributed by atoms with Gasteiger partial charge in [-0.2, -0.15) is 5.26 Å². The Morgan fingerprint density at radius 3 is 2.69 bits per heavy atom. The number of aldehydes is 1. The highest BCUT2D eigenvalue weighted by molar-refractivity contribution is 5.74. The summed E-state index contributed by atoms with van der Waals surface area (Å²) in [7, 11) is 0. The van der Waals surface area contributed by atoms with Gasteiger partial charge in [-0.05, 0) is 17.8 Å². The van der Waals surface area contributed by atoms with Gasteiger partial charge in [0.1, 0.15) is 6.29 Å². The molecule has 0 heterocycles. The van der Waals surface area contributed by atoms with Crippen molar-refractivity contribution in [2.75, 3.05) is 0 Å². The van der Waals surface area contributed by atoms with Crippen LogP contribution in [0.15, 0.2) is 0 Å². The van der Waals surface area contributed by atoms with E-state index < -0.39 is 5.97 Å². The first-order valence-electron chi connectivity index (χ1n) is 4.33. The SMILES string of the molecule is CC1(C)C(CC=O)CC1C(=O)OO. The third-order valence-electron chi connectivity index (χ3n) is 3.23. The Balaban J connectivity index is 2.58. The van der Waals surface area contributed by atoms with Crippen LogP contribution in [0, 0.1) is 17.3 Å². The second kappa shape index (κ2) is 3.46. The lowest BCUT2D eigenvalue weighted by atomic mass is 9.54. The maximum Gasteiger partial charge on any atom is 0.345 e. The highest BCUT2D eigenvalue weighted by Crippen LogP contribution is 2.52. The Morgan fingerprint density at radius 1 is 1.69 bits per heavy atom.